The number of methoxy groups -OCH3 is 1. The van der Waals surface area contributed by atoms with Crippen LogP contribution < -0.4 is 0 Å². The SMILES string of the molecule is COC(=O)[C@H]1O[C@@H](O[C@H]2[C@H](O[C@H]3CC[C@]4(C)[C@H]5C(=O)C=C6[C@@H]7C[C@@](C)(C(=O)O[C@@H]8O[C@H](CO)[C@@H](O)[C@H](O)[C@H]8O)CC[C@]7(C)CC[C@@]6(C)[C@]5(C)CC[C@H]4C3(C)C)O[C@H](C(=O)O)[C@@H](O)[C@@H]2O)[C@H](O)[C@@H](O)[C@@H]1O. The molecule has 70 heavy (non-hydrogen) atoms. The average Bonchev–Trinajstić information content (AvgIpc) is 3.30. The number of carbonyl (C=O) groups excluding carboxylic acids is 3. The number of hydrogen-bond donors (Lipinski definition) is 10. The van der Waals surface area contributed by atoms with Gasteiger partial charge in [-0.2, -0.15) is 0 Å². The lowest BCUT2D eigenvalue weighted by Crippen LogP contribution is -2.68. The van der Waals surface area contributed by atoms with Crippen molar-refractivity contribution in [2.24, 2.45) is 50.2 Å². The molecule has 0 bridgehead atoms. The highest BCUT2D eigenvalue weighted by Crippen LogP contribution is 2.75. The van der Waals surface area contributed by atoms with Crippen molar-refractivity contribution in [2.45, 2.75) is 204 Å². The molecule has 5 aliphatic carbocycles. The Bertz CT molecular complexity index is 2060. The maximum Gasteiger partial charge on any atom is 0.337 e. The Morgan fingerprint density at radius 3 is 1.94 bits per heavy atom. The lowest BCUT2D eigenvalue weighted by molar-refractivity contribution is -0.371. The average molecular weight is 999 g/mol. The lowest BCUT2D eigenvalue weighted by atomic mass is 9.33. The van der Waals surface area contributed by atoms with Crippen LogP contribution in [0.3, 0.4) is 0 Å². The van der Waals surface area contributed by atoms with Crippen LogP contribution in [0, 0.1) is 50.2 Å². The summed E-state index contributed by atoms with van der Waals surface area (Å²) in [5.74, 6) is -4.15. The van der Waals surface area contributed by atoms with Crippen molar-refractivity contribution in [2.75, 3.05) is 13.7 Å². The molecule has 0 spiro atoms. The fourth-order valence-electron chi connectivity index (χ4n) is 14.9. The standard InChI is InChI=1S/C49H74O21/c1-44(2)24-9-12-49(7)37(22(51)17-20-21-18-46(4,14-13-45(21,3)15-16-48(20,49)6)43(63)70-40-32(58)27(53)26(52)23(19-50)65-40)47(24,5)11-10-25(44)66-42-36(31(57)30(56)34(67-42)38(60)61)69-41-33(59)28(54)29(55)35(68-41)39(62)64-8/h17,21,23-37,40-42,50,52-59H,9-16,18-19H2,1-8H3,(H,60,61)/t21-,23+,24-,25-,26+,27-,28-,29-,30-,31-,32+,33+,34-,35-,36+,37+,40-,41-,42+,45+,46-,47-,48+,49+/m0/s1. The van der Waals surface area contributed by atoms with E-state index in [9.17, 15) is 65.4 Å². The number of hydrogen-bond acceptors (Lipinski definition) is 20. The molecule has 0 unspecified atom stereocenters. The van der Waals surface area contributed by atoms with E-state index in [1.165, 1.54) is 0 Å². The molecule has 396 valence electrons. The van der Waals surface area contributed by atoms with Crippen LogP contribution in [-0.2, 0) is 52.3 Å². The Morgan fingerprint density at radius 2 is 1.30 bits per heavy atom. The molecule has 0 aromatic heterocycles. The first-order valence-electron chi connectivity index (χ1n) is 24.7. The van der Waals surface area contributed by atoms with Gasteiger partial charge in [-0.15, -0.1) is 0 Å². The Labute approximate surface area is 406 Å². The molecule has 0 radical (unpaired) electrons. The molecule has 8 aliphatic rings. The van der Waals surface area contributed by atoms with Crippen LogP contribution in [0.4, 0.5) is 0 Å². The van der Waals surface area contributed by atoms with Crippen LogP contribution in [0.15, 0.2) is 11.6 Å². The monoisotopic (exact) mass is 998 g/mol. The maximum absolute atomic E-state index is 15.2. The van der Waals surface area contributed by atoms with E-state index in [4.69, 9.17) is 28.4 Å². The van der Waals surface area contributed by atoms with E-state index in [0.29, 0.717) is 44.9 Å². The van der Waals surface area contributed by atoms with E-state index in [-0.39, 0.29) is 23.0 Å². The van der Waals surface area contributed by atoms with Crippen molar-refractivity contribution in [3.05, 3.63) is 11.6 Å². The number of aliphatic hydroxyl groups excluding tert-OH is 9. The smallest absolute Gasteiger partial charge is 0.337 e. The minimum absolute atomic E-state index is 0.00754. The van der Waals surface area contributed by atoms with E-state index in [1.807, 2.05) is 19.9 Å². The topological polar surface area (TPSA) is 335 Å². The van der Waals surface area contributed by atoms with Crippen LogP contribution in [0.1, 0.15) is 106 Å². The second-order valence-electron chi connectivity index (χ2n) is 23.6. The minimum atomic E-state index is -2.06. The minimum Gasteiger partial charge on any atom is -0.479 e. The third-order valence-electron chi connectivity index (χ3n) is 19.5. The summed E-state index contributed by atoms with van der Waals surface area (Å²) in [7, 11) is 1.01. The first-order chi connectivity index (χ1) is 32.5. The van der Waals surface area contributed by atoms with Gasteiger partial charge >= 0.3 is 17.9 Å². The highest BCUT2D eigenvalue weighted by atomic mass is 16.8. The molecule has 3 saturated heterocycles. The molecule has 24 atom stereocenters. The first-order valence-corrected chi connectivity index (χ1v) is 24.7. The van der Waals surface area contributed by atoms with Gasteiger partial charge in [-0.05, 0) is 110 Å². The molecule has 8 rings (SSSR count). The van der Waals surface area contributed by atoms with Crippen molar-refractivity contribution in [3.8, 4) is 0 Å². The van der Waals surface area contributed by atoms with E-state index >= 15 is 4.79 Å². The zero-order valence-electron chi connectivity index (χ0n) is 41.1. The number of fused-ring (bicyclic) bond motifs is 7. The highest BCUT2D eigenvalue weighted by molar-refractivity contribution is 5.95. The van der Waals surface area contributed by atoms with Gasteiger partial charge in [-0.25, -0.2) is 9.59 Å². The van der Waals surface area contributed by atoms with Crippen LogP contribution in [-0.4, -0.2) is 187 Å². The third kappa shape index (κ3) is 8.20. The number of rotatable bonds is 9. The van der Waals surface area contributed by atoms with E-state index in [2.05, 4.69) is 32.4 Å². The number of carboxylic acid groups (broad SMARTS) is 1. The van der Waals surface area contributed by atoms with Gasteiger partial charge in [0.2, 0.25) is 6.29 Å². The summed E-state index contributed by atoms with van der Waals surface area (Å²) < 4.78 is 39.8. The molecule has 3 heterocycles. The number of carbonyl (C=O) groups is 4. The Morgan fingerprint density at radius 1 is 0.686 bits per heavy atom. The zero-order valence-corrected chi connectivity index (χ0v) is 41.1. The van der Waals surface area contributed by atoms with E-state index < -0.39 is 156 Å². The molecule has 0 aromatic carbocycles. The summed E-state index contributed by atoms with van der Waals surface area (Å²) >= 11 is 0. The number of carboxylic acids is 1. The molecule has 0 amide bonds. The lowest BCUT2D eigenvalue weighted by Gasteiger charge is -2.70. The van der Waals surface area contributed by atoms with Gasteiger partial charge in [-0.3, -0.25) is 9.59 Å². The quantitative estimate of drug-likeness (QED) is 0.104. The molecular weight excluding hydrogens is 925 g/mol. The molecular formula is C49H74O21. The molecule has 3 aliphatic heterocycles. The summed E-state index contributed by atoms with van der Waals surface area (Å²) in [5, 5.41) is 105. The zero-order chi connectivity index (χ0) is 51.6. The van der Waals surface area contributed by atoms with Gasteiger partial charge in [-0.1, -0.05) is 47.1 Å². The number of aliphatic carboxylic acids is 1. The molecule has 21 heteroatoms. The summed E-state index contributed by atoms with van der Waals surface area (Å²) in [4.78, 5) is 54.1. The number of ketones is 1. The van der Waals surface area contributed by atoms with Crippen molar-refractivity contribution < 1.29 is 103 Å². The van der Waals surface area contributed by atoms with Crippen molar-refractivity contribution >= 4 is 23.7 Å². The number of ether oxygens (including phenoxy) is 7. The third-order valence-corrected chi connectivity index (χ3v) is 19.5. The highest BCUT2D eigenvalue weighted by Gasteiger charge is 2.71. The predicted molar refractivity (Wildman–Crippen MR) is 236 cm³/mol. The molecule has 0 aromatic rings. The van der Waals surface area contributed by atoms with Gasteiger partial charge < -0.3 is 84.2 Å². The van der Waals surface area contributed by atoms with Crippen molar-refractivity contribution in [1.82, 2.24) is 0 Å². The maximum atomic E-state index is 15.2. The fourth-order valence-corrected chi connectivity index (χ4v) is 14.9. The summed E-state index contributed by atoms with van der Waals surface area (Å²) in [6.07, 6.45) is -20.8. The van der Waals surface area contributed by atoms with Crippen LogP contribution in [0.2, 0.25) is 0 Å². The molecule has 21 nitrogen and oxygen atoms in total. The summed E-state index contributed by atoms with van der Waals surface area (Å²) in [5.41, 5.74) is -2.63. The summed E-state index contributed by atoms with van der Waals surface area (Å²) in [6, 6.07) is 0. The largest absolute Gasteiger partial charge is 0.479 e. The molecule has 10 N–H and O–H groups in total. The number of aliphatic hydroxyl groups is 9. The first kappa shape index (κ1) is 53.5. The van der Waals surface area contributed by atoms with Crippen LogP contribution in [0.5, 0.6) is 0 Å². The Balaban J connectivity index is 1.04. The predicted octanol–water partition coefficient (Wildman–Crippen LogP) is -0.407. The van der Waals surface area contributed by atoms with Crippen LogP contribution in [0.25, 0.3) is 0 Å². The second-order valence-corrected chi connectivity index (χ2v) is 23.6. The Hall–Kier alpha value is -2.74. The van der Waals surface area contributed by atoms with Gasteiger partial charge in [0.1, 0.15) is 61.0 Å². The Kier molecular flexibility index (Phi) is 14.2. The van der Waals surface area contributed by atoms with Crippen molar-refractivity contribution in [3.63, 3.8) is 0 Å². The van der Waals surface area contributed by atoms with Crippen molar-refractivity contribution in [1.29, 1.82) is 0 Å². The van der Waals surface area contributed by atoms with Crippen LogP contribution >= 0.6 is 0 Å². The number of esters is 2. The molecule has 4 saturated carbocycles. The summed E-state index contributed by atoms with van der Waals surface area (Å²) in [6.45, 7) is 14.0. The molecule has 7 fully saturated rings. The van der Waals surface area contributed by atoms with Gasteiger partial charge in [0, 0.05) is 5.92 Å². The van der Waals surface area contributed by atoms with E-state index in [1.54, 1.807) is 6.92 Å². The van der Waals surface area contributed by atoms with Gasteiger partial charge in [0.05, 0.1) is 25.2 Å². The van der Waals surface area contributed by atoms with Gasteiger partial charge in [0.25, 0.3) is 0 Å². The fraction of sp³-hybridized carbons (Fsp3) is 0.878. The normalized spacial score (nSPS) is 52.2. The van der Waals surface area contributed by atoms with E-state index in [0.717, 1.165) is 25.5 Å². The number of allylic oxidation sites excluding steroid dienone is 2. The second kappa shape index (κ2) is 18.6. The van der Waals surface area contributed by atoms with Gasteiger partial charge in [0.15, 0.2) is 30.6 Å².